The molecule has 7 heteroatoms. The molecule has 2 nitrogen and oxygen atoms in total. The van der Waals surface area contributed by atoms with Gasteiger partial charge in [-0.15, -0.1) is 0 Å². The fraction of sp³-hybridized carbons (Fsp3) is 0.600. The minimum atomic E-state index is -4.23. The van der Waals surface area contributed by atoms with Crippen LogP contribution in [0.5, 0.6) is 0 Å². The molecule has 1 N–H and O–H groups in total. The van der Waals surface area contributed by atoms with Crippen LogP contribution < -0.4 is 5.32 Å². The molecule has 0 aromatic heterocycles. The third kappa shape index (κ3) is 4.67. The van der Waals surface area contributed by atoms with E-state index in [9.17, 15) is 17.6 Å². The van der Waals surface area contributed by atoms with Gasteiger partial charge in [0.15, 0.2) is 0 Å². The summed E-state index contributed by atoms with van der Waals surface area (Å²) in [5, 5.41) is 3.16. The zero-order valence-electron chi connectivity index (χ0n) is 12.3. The molecule has 22 heavy (non-hydrogen) atoms. The second kappa shape index (κ2) is 7.27. The molecule has 1 atom stereocenters. The lowest BCUT2D eigenvalue weighted by atomic mass is 9.97. The summed E-state index contributed by atoms with van der Waals surface area (Å²) in [5.74, 6) is -0.408. The van der Waals surface area contributed by atoms with E-state index in [1.807, 2.05) is 4.90 Å². The Hall–Kier alpha value is -0.660. The summed E-state index contributed by atoms with van der Waals surface area (Å²) in [7, 11) is 0. The van der Waals surface area contributed by atoms with E-state index < -0.39 is 24.5 Å². The van der Waals surface area contributed by atoms with E-state index >= 15 is 0 Å². The molecule has 1 aromatic rings. The highest BCUT2D eigenvalue weighted by Gasteiger charge is 2.32. The van der Waals surface area contributed by atoms with Crippen molar-refractivity contribution in [1.29, 1.82) is 0 Å². The van der Waals surface area contributed by atoms with Gasteiger partial charge < -0.3 is 5.32 Å². The minimum Gasteiger partial charge on any atom is -0.314 e. The van der Waals surface area contributed by atoms with E-state index in [4.69, 9.17) is 0 Å². The van der Waals surface area contributed by atoms with Crippen molar-refractivity contribution in [3.05, 3.63) is 33.5 Å². The molecule has 1 aromatic carbocycles. The Labute approximate surface area is 136 Å². The predicted octanol–water partition coefficient (Wildman–Crippen LogP) is 4.19. The Kier molecular flexibility index (Phi) is 5.85. The second-order valence-corrected chi connectivity index (χ2v) is 6.50. The van der Waals surface area contributed by atoms with E-state index in [2.05, 4.69) is 21.2 Å². The van der Waals surface area contributed by atoms with Gasteiger partial charge in [0.1, 0.15) is 5.82 Å². The Morgan fingerprint density at radius 1 is 1.27 bits per heavy atom. The average molecular weight is 383 g/mol. The number of aryl methyl sites for hydroxylation is 1. The van der Waals surface area contributed by atoms with Crippen LogP contribution in [-0.2, 0) is 0 Å². The van der Waals surface area contributed by atoms with Crippen LogP contribution in [0.4, 0.5) is 17.6 Å². The van der Waals surface area contributed by atoms with Gasteiger partial charge in [0.25, 0.3) is 0 Å². The summed E-state index contributed by atoms with van der Waals surface area (Å²) in [5.41, 5.74) is 0.787. The van der Waals surface area contributed by atoms with Crippen molar-refractivity contribution >= 4 is 15.9 Å². The standard InChI is InChI=1S/C15H19BrF4N2/c1-10-8-11(16)9-12(14(10)17)13(2-3-15(18,19)20)22-6-4-21-5-7-22/h8-9,13,21H,2-7H2,1H3/t13-/m0/s1. The Morgan fingerprint density at radius 2 is 1.91 bits per heavy atom. The van der Waals surface area contributed by atoms with E-state index in [-0.39, 0.29) is 6.42 Å². The van der Waals surface area contributed by atoms with Crippen molar-refractivity contribution in [2.45, 2.75) is 32.0 Å². The highest BCUT2D eigenvalue weighted by molar-refractivity contribution is 9.10. The maximum Gasteiger partial charge on any atom is 0.389 e. The molecular weight excluding hydrogens is 364 g/mol. The number of hydrogen-bond acceptors (Lipinski definition) is 2. The van der Waals surface area contributed by atoms with Crippen LogP contribution in [0, 0.1) is 12.7 Å². The molecule has 1 heterocycles. The van der Waals surface area contributed by atoms with Crippen LogP contribution in [0.1, 0.15) is 30.0 Å². The van der Waals surface area contributed by atoms with E-state index in [0.717, 1.165) is 0 Å². The van der Waals surface area contributed by atoms with Gasteiger partial charge in [0, 0.05) is 48.7 Å². The number of nitrogens with one attached hydrogen (secondary N) is 1. The molecule has 1 saturated heterocycles. The number of piperazine rings is 1. The Bertz CT molecular complexity index is 513. The lowest BCUT2D eigenvalue weighted by molar-refractivity contribution is -0.138. The zero-order valence-corrected chi connectivity index (χ0v) is 13.9. The molecule has 1 aliphatic rings. The maximum atomic E-state index is 14.5. The molecule has 0 amide bonds. The first-order chi connectivity index (χ1) is 10.3. The molecule has 1 aliphatic heterocycles. The smallest absolute Gasteiger partial charge is 0.314 e. The quantitative estimate of drug-likeness (QED) is 0.785. The van der Waals surface area contributed by atoms with Crippen LogP contribution in [0.15, 0.2) is 16.6 Å². The van der Waals surface area contributed by atoms with Crippen molar-refractivity contribution in [1.82, 2.24) is 10.2 Å². The number of halogens is 5. The first kappa shape index (κ1) is 17.7. The summed E-state index contributed by atoms with van der Waals surface area (Å²) in [6.07, 6.45) is -5.27. The molecule has 0 aliphatic carbocycles. The third-order valence-electron chi connectivity index (χ3n) is 3.90. The predicted molar refractivity (Wildman–Crippen MR) is 81.3 cm³/mol. The maximum absolute atomic E-state index is 14.5. The first-order valence-electron chi connectivity index (χ1n) is 7.25. The highest BCUT2D eigenvalue weighted by Crippen LogP contribution is 2.35. The van der Waals surface area contributed by atoms with Gasteiger partial charge in [-0.2, -0.15) is 13.2 Å². The van der Waals surface area contributed by atoms with Gasteiger partial charge in [-0.1, -0.05) is 15.9 Å². The van der Waals surface area contributed by atoms with E-state index in [1.165, 1.54) is 0 Å². The minimum absolute atomic E-state index is 0.129. The summed E-state index contributed by atoms with van der Waals surface area (Å²) in [4.78, 5) is 1.94. The van der Waals surface area contributed by atoms with Gasteiger partial charge in [0.05, 0.1) is 0 Å². The van der Waals surface area contributed by atoms with Crippen molar-refractivity contribution < 1.29 is 17.6 Å². The van der Waals surface area contributed by atoms with Crippen LogP contribution in [0.3, 0.4) is 0 Å². The molecule has 0 unspecified atom stereocenters. The fourth-order valence-electron chi connectivity index (χ4n) is 2.82. The number of nitrogens with zero attached hydrogens (tertiary/aromatic N) is 1. The van der Waals surface area contributed by atoms with Crippen LogP contribution >= 0.6 is 15.9 Å². The SMILES string of the molecule is Cc1cc(Br)cc([C@H](CCC(F)(F)F)N2CCNCC2)c1F. The number of benzene rings is 1. The fourth-order valence-corrected chi connectivity index (χ4v) is 3.41. The first-order valence-corrected chi connectivity index (χ1v) is 8.04. The molecule has 0 bridgehead atoms. The second-order valence-electron chi connectivity index (χ2n) is 5.58. The van der Waals surface area contributed by atoms with Crippen molar-refractivity contribution in [2.24, 2.45) is 0 Å². The van der Waals surface area contributed by atoms with Crippen LogP contribution in [-0.4, -0.2) is 37.3 Å². The van der Waals surface area contributed by atoms with Gasteiger partial charge in [0.2, 0.25) is 0 Å². The topological polar surface area (TPSA) is 15.3 Å². The van der Waals surface area contributed by atoms with Crippen molar-refractivity contribution in [3.63, 3.8) is 0 Å². The number of alkyl halides is 3. The molecule has 0 saturated carbocycles. The summed E-state index contributed by atoms with van der Waals surface area (Å²) in [6.45, 7) is 4.28. The van der Waals surface area contributed by atoms with Crippen LogP contribution in [0.25, 0.3) is 0 Å². The summed E-state index contributed by atoms with van der Waals surface area (Å²) < 4.78 is 53.0. The van der Waals surface area contributed by atoms with Crippen LogP contribution in [0.2, 0.25) is 0 Å². The van der Waals surface area contributed by atoms with Crippen molar-refractivity contribution in [3.8, 4) is 0 Å². The average Bonchev–Trinajstić information content (AvgIpc) is 2.44. The monoisotopic (exact) mass is 382 g/mol. The normalized spacial score (nSPS) is 18.5. The molecule has 0 spiro atoms. The van der Waals surface area contributed by atoms with Gasteiger partial charge in [-0.3, -0.25) is 4.90 Å². The molecule has 1 fully saturated rings. The third-order valence-corrected chi connectivity index (χ3v) is 4.36. The summed E-state index contributed by atoms with van der Waals surface area (Å²) >= 11 is 3.31. The summed E-state index contributed by atoms with van der Waals surface area (Å²) in [6, 6.07) is 2.68. The largest absolute Gasteiger partial charge is 0.389 e. The van der Waals surface area contributed by atoms with Gasteiger partial charge in [-0.05, 0) is 31.0 Å². The van der Waals surface area contributed by atoms with Crippen molar-refractivity contribution in [2.75, 3.05) is 26.2 Å². The van der Waals surface area contributed by atoms with Gasteiger partial charge >= 0.3 is 6.18 Å². The Balaban J connectivity index is 2.30. The zero-order chi connectivity index (χ0) is 16.3. The van der Waals surface area contributed by atoms with Gasteiger partial charge in [-0.25, -0.2) is 4.39 Å². The molecule has 0 radical (unpaired) electrons. The van der Waals surface area contributed by atoms with E-state index in [1.54, 1.807) is 19.1 Å². The molecular formula is C15H19BrF4N2. The highest BCUT2D eigenvalue weighted by atomic mass is 79.9. The lowest BCUT2D eigenvalue weighted by Crippen LogP contribution is -2.45. The molecule has 2 rings (SSSR count). The Morgan fingerprint density at radius 3 is 2.50 bits per heavy atom. The lowest BCUT2D eigenvalue weighted by Gasteiger charge is -2.36. The molecule has 124 valence electrons. The van der Waals surface area contributed by atoms with E-state index in [0.29, 0.717) is 41.8 Å². The number of hydrogen-bond donors (Lipinski definition) is 1. The number of rotatable bonds is 4.